The average molecular weight is 394 g/mol. The Morgan fingerprint density at radius 1 is 1.17 bits per heavy atom. The van der Waals surface area contributed by atoms with E-state index in [9.17, 15) is 9.90 Å². The van der Waals surface area contributed by atoms with Crippen molar-refractivity contribution in [3.05, 3.63) is 53.7 Å². The summed E-state index contributed by atoms with van der Waals surface area (Å²) in [5.74, 6) is -0.203. The molecule has 29 heavy (non-hydrogen) atoms. The zero-order valence-electron chi connectivity index (χ0n) is 16.9. The Balaban J connectivity index is 1.87. The molecular formula is C23H26N2O4. The second-order valence-corrected chi connectivity index (χ2v) is 7.24. The average Bonchev–Trinajstić information content (AvgIpc) is 3.00. The van der Waals surface area contributed by atoms with Gasteiger partial charge < -0.3 is 19.1 Å². The lowest BCUT2D eigenvalue weighted by Crippen LogP contribution is -2.36. The van der Waals surface area contributed by atoms with Gasteiger partial charge in [0.05, 0.1) is 25.4 Å². The Morgan fingerprint density at radius 3 is 2.59 bits per heavy atom. The zero-order valence-corrected chi connectivity index (χ0v) is 16.9. The van der Waals surface area contributed by atoms with Crippen LogP contribution in [0.25, 0.3) is 22.0 Å². The first-order valence-corrected chi connectivity index (χ1v) is 9.97. The maximum absolute atomic E-state index is 12.8. The van der Waals surface area contributed by atoms with Gasteiger partial charge in [0.1, 0.15) is 5.75 Å². The molecule has 0 spiro atoms. The minimum atomic E-state index is -0.353. The second-order valence-electron chi connectivity index (χ2n) is 7.24. The van der Waals surface area contributed by atoms with Gasteiger partial charge in [0.15, 0.2) is 0 Å². The van der Waals surface area contributed by atoms with Crippen LogP contribution in [0.2, 0.25) is 0 Å². The number of carbonyl (C=O) groups is 1. The smallest absolute Gasteiger partial charge is 0.340 e. The molecule has 1 fully saturated rings. The lowest BCUT2D eigenvalue weighted by atomic mass is 10.0. The number of esters is 1. The third-order valence-electron chi connectivity index (χ3n) is 5.48. The Morgan fingerprint density at radius 2 is 1.90 bits per heavy atom. The molecule has 152 valence electrons. The predicted molar refractivity (Wildman–Crippen MR) is 112 cm³/mol. The van der Waals surface area contributed by atoms with E-state index < -0.39 is 0 Å². The molecule has 2 aromatic carbocycles. The fourth-order valence-electron chi connectivity index (χ4n) is 3.96. The molecule has 0 aliphatic carbocycles. The van der Waals surface area contributed by atoms with Gasteiger partial charge in [-0.25, -0.2) is 4.79 Å². The van der Waals surface area contributed by atoms with E-state index in [1.807, 2.05) is 48.0 Å². The summed E-state index contributed by atoms with van der Waals surface area (Å²) in [4.78, 5) is 15.1. The highest BCUT2D eigenvalue weighted by Gasteiger charge is 2.25. The molecule has 1 aliphatic rings. The number of fused-ring (bicyclic) bond motifs is 1. The molecule has 0 amide bonds. The third kappa shape index (κ3) is 3.73. The van der Waals surface area contributed by atoms with Crippen molar-refractivity contribution in [3.63, 3.8) is 0 Å². The number of phenols is 1. The van der Waals surface area contributed by atoms with E-state index in [4.69, 9.17) is 9.47 Å². The maximum Gasteiger partial charge on any atom is 0.340 e. The highest BCUT2D eigenvalue weighted by molar-refractivity contribution is 6.07. The standard InChI is InChI=1S/C23H26N2O4/c1-3-29-23(27)22-18-14-21(26)17(16-7-5-4-6-8-16)13-19(18)24(2)20(22)15-25-9-11-28-12-10-25/h4-8,13-14,26H,3,9-12,15H2,1-2H3. The Bertz CT molecular complexity index is 1020. The first kappa shape index (κ1) is 19.5. The quantitative estimate of drug-likeness (QED) is 0.671. The van der Waals surface area contributed by atoms with Gasteiger partial charge in [0.2, 0.25) is 0 Å². The summed E-state index contributed by atoms with van der Waals surface area (Å²) < 4.78 is 12.9. The van der Waals surface area contributed by atoms with Crippen molar-refractivity contribution in [1.29, 1.82) is 0 Å². The number of rotatable bonds is 5. The summed E-state index contributed by atoms with van der Waals surface area (Å²) in [5.41, 5.74) is 4.00. The Labute approximate surface area is 170 Å². The highest BCUT2D eigenvalue weighted by Crippen LogP contribution is 2.37. The molecule has 0 atom stereocenters. The van der Waals surface area contributed by atoms with Crippen LogP contribution in [0, 0.1) is 0 Å². The lowest BCUT2D eigenvalue weighted by Gasteiger charge is -2.27. The molecule has 0 unspecified atom stereocenters. The summed E-state index contributed by atoms with van der Waals surface area (Å²) in [7, 11) is 1.96. The Kier molecular flexibility index (Phi) is 5.56. The first-order chi connectivity index (χ1) is 14.1. The Hall–Kier alpha value is -2.83. The van der Waals surface area contributed by atoms with Crippen LogP contribution in [-0.4, -0.2) is 53.5 Å². The molecule has 1 saturated heterocycles. The third-order valence-corrected chi connectivity index (χ3v) is 5.48. The molecule has 6 heteroatoms. The van der Waals surface area contributed by atoms with E-state index in [2.05, 4.69) is 4.90 Å². The fraction of sp³-hybridized carbons (Fsp3) is 0.348. The number of benzene rings is 2. The van der Waals surface area contributed by atoms with E-state index in [0.29, 0.717) is 37.3 Å². The van der Waals surface area contributed by atoms with Gasteiger partial charge >= 0.3 is 5.97 Å². The van der Waals surface area contributed by atoms with Gasteiger partial charge in [0.25, 0.3) is 0 Å². The van der Waals surface area contributed by atoms with Gasteiger partial charge in [-0.15, -0.1) is 0 Å². The van der Waals surface area contributed by atoms with Crippen molar-refractivity contribution < 1.29 is 19.4 Å². The molecule has 3 aromatic rings. The topological polar surface area (TPSA) is 63.9 Å². The monoisotopic (exact) mass is 394 g/mol. The minimum absolute atomic E-state index is 0.151. The number of morpholine rings is 1. The number of aromatic nitrogens is 1. The molecule has 4 rings (SSSR count). The van der Waals surface area contributed by atoms with Crippen molar-refractivity contribution >= 4 is 16.9 Å². The fourth-order valence-corrected chi connectivity index (χ4v) is 3.96. The highest BCUT2D eigenvalue weighted by atomic mass is 16.5. The molecular weight excluding hydrogens is 368 g/mol. The molecule has 0 saturated carbocycles. The normalized spacial score (nSPS) is 15.0. The van der Waals surface area contributed by atoms with E-state index in [0.717, 1.165) is 35.4 Å². The SMILES string of the molecule is CCOC(=O)c1c(CN2CCOCC2)n(C)c2cc(-c3ccccc3)c(O)cc12. The molecule has 2 heterocycles. The van der Waals surface area contributed by atoms with Crippen LogP contribution in [0.3, 0.4) is 0 Å². The number of aromatic hydroxyl groups is 1. The molecule has 0 bridgehead atoms. The minimum Gasteiger partial charge on any atom is -0.507 e. The largest absolute Gasteiger partial charge is 0.507 e. The van der Waals surface area contributed by atoms with Crippen LogP contribution in [-0.2, 0) is 23.1 Å². The van der Waals surface area contributed by atoms with Crippen LogP contribution < -0.4 is 0 Å². The maximum atomic E-state index is 12.8. The van der Waals surface area contributed by atoms with Gasteiger partial charge in [0, 0.05) is 48.8 Å². The van der Waals surface area contributed by atoms with Crippen molar-refractivity contribution in [2.75, 3.05) is 32.9 Å². The summed E-state index contributed by atoms with van der Waals surface area (Å²) in [6, 6.07) is 13.4. The number of hydrogen-bond acceptors (Lipinski definition) is 5. The van der Waals surface area contributed by atoms with E-state index >= 15 is 0 Å². The van der Waals surface area contributed by atoms with E-state index in [1.165, 1.54) is 0 Å². The number of nitrogens with zero attached hydrogens (tertiary/aromatic N) is 2. The van der Waals surface area contributed by atoms with Gasteiger partial charge in [-0.1, -0.05) is 30.3 Å². The summed E-state index contributed by atoms with van der Waals surface area (Å²) in [6.45, 7) is 5.77. The van der Waals surface area contributed by atoms with E-state index in [1.54, 1.807) is 13.0 Å². The van der Waals surface area contributed by atoms with Crippen molar-refractivity contribution in [1.82, 2.24) is 9.47 Å². The molecule has 1 aromatic heterocycles. The molecule has 6 nitrogen and oxygen atoms in total. The lowest BCUT2D eigenvalue weighted by molar-refractivity contribution is 0.0328. The van der Waals surface area contributed by atoms with Crippen LogP contribution in [0.4, 0.5) is 0 Å². The second kappa shape index (κ2) is 8.27. The van der Waals surface area contributed by atoms with Crippen LogP contribution in [0.1, 0.15) is 23.0 Å². The number of carbonyl (C=O) groups excluding carboxylic acids is 1. The van der Waals surface area contributed by atoms with Crippen molar-refractivity contribution in [2.45, 2.75) is 13.5 Å². The summed E-state index contributed by atoms with van der Waals surface area (Å²) in [6.07, 6.45) is 0. The summed E-state index contributed by atoms with van der Waals surface area (Å²) in [5, 5.41) is 11.4. The zero-order chi connectivity index (χ0) is 20.4. The van der Waals surface area contributed by atoms with Gasteiger partial charge in [-0.3, -0.25) is 4.90 Å². The summed E-state index contributed by atoms with van der Waals surface area (Å²) >= 11 is 0. The van der Waals surface area contributed by atoms with Crippen molar-refractivity contribution in [3.8, 4) is 16.9 Å². The molecule has 1 aliphatic heterocycles. The van der Waals surface area contributed by atoms with Crippen LogP contribution >= 0.6 is 0 Å². The van der Waals surface area contributed by atoms with Gasteiger partial charge in [-0.05, 0) is 24.6 Å². The number of ether oxygens (including phenoxy) is 2. The number of phenolic OH excluding ortho intramolecular Hbond substituents is 1. The number of aryl methyl sites for hydroxylation is 1. The molecule has 1 N–H and O–H groups in total. The van der Waals surface area contributed by atoms with Crippen LogP contribution in [0.15, 0.2) is 42.5 Å². The molecule has 0 radical (unpaired) electrons. The van der Waals surface area contributed by atoms with Gasteiger partial charge in [-0.2, -0.15) is 0 Å². The van der Waals surface area contributed by atoms with E-state index in [-0.39, 0.29) is 11.7 Å². The van der Waals surface area contributed by atoms with Crippen LogP contribution in [0.5, 0.6) is 5.75 Å². The first-order valence-electron chi connectivity index (χ1n) is 9.97. The van der Waals surface area contributed by atoms with Crippen molar-refractivity contribution in [2.24, 2.45) is 7.05 Å². The number of hydrogen-bond donors (Lipinski definition) is 1. The predicted octanol–water partition coefficient (Wildman–Crippen LogP) is 3.56.